The summed E-state index contributed by atoms with van der Waals surface area (Å²) in [6.07, 6.45) is 4.69. The number of imide groups is 1. The molecule has 1 aliphatic rings. The van der Waals surface area contributed by atoms with Crippen molar-refractivity contribution >= 4 is 11.9 Å². The van der Waals surface area contributed by atoms with Crippen molar-refractivity contribution < 1.29 is 9.59 Å². The maximum atomic E-state index is 11.8. The molecule has 0 aromatic carbocycles. The Morgan fingerprint density at radius 2 is 1.87 bits per heavy atom. The third-order valence-electron chi connectivity index (χ3n) is 2.69. The lowest BCUT2D eigenvalue weighted by atomic mass is 10.1. The predicted octanol–water partition coefficient (Wildman–Crippen LogP) is 1.90. The maximum Gasteiger partial charge on any atom is 0.324 e. The van der Waals surface area contributed by atoms with Crippen LogP contribution in [-0.2, 0) is 4.79 Å². The Balaban J connectivity index is 2.46. The van der Waals surface area contributed by atoms with Crippen molar-refractivity contribution in [3.63, 3.8) is 0 Å². The average Bonchev–Trinajstić information content (AvgIpc) is 2.49. The van der Waals surface area contributed by atoms with Crippen LogP contribution in [0.3, 0.4) is 0 Å². The Hall–Kier alpha value is -1.06. The summed E-state index contributed by atoms with van der Waals surface area (Å²) < 4.78 is 0. The number of nitrogens with one attached hydrogen (secondary N) is 1. The van der Waals surface area contributed by atoms with Gasteiger partial charge in [-0.3, -0.25) is 9.69 Å². The predicted molar refractivity (Wildman–Crippen MR) is 58.5 cm³/mol. The van der Waals surface area contributed by atoms with Gasteiger partial charge >= 0.3 is 6.03 Å². The standard InChI is InChI=1S/C11H20N2O2/c1-3-5-7-9-10(14)13(8-6-4-2)11(15)12-9/h9H,3-8H2,1-2H3,(H,12,15). The third-order valence-corrected chi connectivity index (χ3v) is 2.69. The zero-order valence-corrected chi connectivity index (χ0v) is 9.58. The monoisotopic (exact) mass is 212 g/mol. The van der Waals surface area contributed by atoms with E-state index < -0.39 is 0 Å². The van der Waals surface area contributed by atoms with Crippen LogP contribution in [0.15, 0.2) is 0 Å². The van der Waals surface area contributed by atoms with Gasteiger partial charge in [0.25, 0.3) is 5.91 Å². The summed E-state index contributed by atoms with van der Waals surface area (Å²) >= 11 is 0. The molecule has 0 aromatic heterocycles. The fourth-order valence-corrected chi connectivity index (χ4v) is 1.71. The maximum absolute atomic E-state index is 11.8. The number of nitrogens with zero attached hydrogens (tertiary/aromatic N) is 1. The second kappa shape index (κ2) is 5.73. The smallest absolute Gasteiger partial charge is 0.324 e. The fourth-order valence-electron chi connectivity index (χ4n) is 1.71. The van der Waals surface area contributed by atoms with Crippen LogP contribution < -0.4 is 5.32 Å². The van der Waals surface area contributed by atoms with Gasteiger partial charge in [-0.2, -0.15) is 0 Å². The molecule has 1 heterocycles. The molecule has 4 heteroatoms. The highest BCUT2D eigenvalue weighted by atomic mass is 16.2. The molecule has 1 fully saturated rings. The summed E-state index contributed by atoms with van der Waals surface area (Å²) in [5.74, 6) is -0.0399. The zero-order valence-electron chi connectivity index (χ0n) is 9.58. The Kier molecular flexibility index (Phi) is 4.59. The number of amides is 3. The minimum atomic E-state index is -0.269. The number of urea groups is 1. The van der Waals surface area contributed by atoms with Gasteiger partial charge in [0, 0.05) is 6.54 Å². The van der Waals surface area contributed by atoms with Crippen molar-refractivity contribution in [2.75, 3.05) is 6.54 Å². The Morgan fingerprint density at radius 1 is 1.20 bits per heavy atom. The molecular formula is C11H20N2O2. The second-order valence-electron chi connectivity index (χ2n) is 3.99. The topological polar surface area (TPSA) is 49.4 Å². The second-order valence-corrected chi connectivity index (χ2v) is 3.99. The van der Waals surface area contributed by atoms with Crippen molar-refractivity contribution in [1.82, 2.24) is 10.2 Å². The summed E-state index contributed by atoms with van der Waals surface area (Å²) in [4.78, 5) is 24.6. The molecule has 1 saturated heterocycles. The quantitative estimate of drug-likeness (QED) is 0.683. The molecule has 1 atom stereocenters. The Morgan fingerprint density at radius 3 is 2.47 bits per heavy atom. The van der Waals surface area contributed by atoms with Gasteiger partial charge in [0.1, 0.15) is 6.04 Å². The molecule has 4 nitrogen and oxygen atoms in total. The molecule has 1 N–H and O–H groups in total. The van der Waals surface area contributed by atoms with E-state index in [2.05, 4.69) is 12.2 Å². The zero-order chi connectivity index (χ0) is 11.3. The normalized spacial score (nSPS) is 20.9. The summed E-state index contributed by atoms with van der Waals surface area (Å²) in [5.41, 5.74) is 0. The summed E-state index contributed by atoms with van der Waals surface area (Å²) in [7, 11) is 0. The number of carbonyl (C=O) groups excluding carboxylic acids is 2. The molecule has 0 aliphatic carbocycles. The molecule has 1 rings (SSSR count). The summed E-state index contributed by atoms with van der Waals surface area (Å²) in [6.45, 7) is 4.69. The fraction of sp³-hybridized carbons (Fsp3) is 0.818. The highest BCUT2D eigenvalue weighted by Crippen LogP contribution is 2.12. The molecule has 1 unspecified atom stereocenters. The van der Waals surface area contributed by atoms with Crippen LogP contribution in [0.25, 0.3) is 0 Å². The lowest BCUT2D eigenvalue weighted by Crippen LogP contribution is -2.32. The molecule has 0 aromatic rings. The van der Waals surface area contributed by atoms with Crippen molar-refractivity contribution in [2.24, 2.45) is 0 Å². The van der Waals surface area contributed by atoms with E-state index in [-0.39, 0.29) is 18.0 Å². The molecule has 0 saturated carbocycles. The van der Waals surface area contributed by atoms with Crippen LogP contribution in [0.2, 0.25) is 0 Å². The van der Waals surface area contributed by atoms with E-state index in [4.69, 9.17) is 0 Å². The van der Waals surface area contributed by atoms with Gasteiger partial charge in [0.05, 0.1) is 0 Å². The molecule has 15 heavy (non-hydrogen) atoms. The number of carbonyl (C=O) groups is 2. The lowest BCUT2D eigenvalue weighted by Gasteiger charge is -2.11. The van der Waals surface area contributed by atoms with E-state index in [0.29, 0.717) is 6.54 Å². The minimum Gasteiger partial charge on any atom is -0.326 e. The van der Waals surface area contributed by atoms with Crippen molar-refractivity contribution in [2.45, 2.75) is 52.0 Å². The number of rotatable bonds is 6. The molecule has 0 spiro atoms. The minimum absolute atomic E-state index is 0.0399. The highest BCUT2D eigenvalue weighted by Gasteiger charge is 2.36. The average molecular weight is 212 g/mol. The molecule has 0 bridgehead atoms. The first kappa shape index (κ1) is 12.0. The molecule has 3 amide bonds. The number of hydrogen-bond donors (Lipinski definition) is 1. The van der Waals surface area contributed by atoms with Gasteiger partial charge in [-0.15, -0.1) is 0 Å². The summed E-state index contributed by atoms with van der Waals surface area (Å²) in [6, 6.07) is -0.483. The van der Waals surface area contributed by atoms with Crippen LogP contribution in [0.4, 0.5) is 4.79 Å². The number of hydrogen-bond acceptors (Lipinski definition) is 2. The largest absolute Gasteiger partial charge is 0.326 e. The van der Waals surface area contributed by atoms with Gasteiger partial charge in [0.15, 0.2) is 0 Å². The number of unbranched alkanes of at least 4 members (excludes halogenated alkanes) is 2. The molecule has 86 valence electrons. The van der Waals surface area contributed by atoms with E-state index in [1.54, 1.807) is 0 Å². The van der Waals surface area contributed by atoms with Crippen LogP contribution in [0, 0.1) is 0 Å². The molecule has 1 aliphatic heterocycles. The third kappa shape index (κ3) is 2.94. The van der Waals surface area contributed by atoms with E-state index in [0.717, 1.165) is 32.1 Å². The van der Waals surface area contributed by atoms with Crippen LogP contribution in [0.1, 0.15) is 46.0 Å². The lowest BCUT2D eigenvalue weighted by molar-refractivity contribution is -0.127. The van der Waals surface area contributed by atoms with Crippen LogP contribution in [-0.4, -0.2) is 29.4 Å². The van der Waals surface area contributed by atoms with Gasteiger partial charge < -0.3 is 5.32 Å². The van der Waals surface area contributed by atoms with Gasteiger partial charge in [0.2, 0.25) is 0 Å². The van der Waals surface area contributed by atoms with Gasteiger partial charge in [-0.05, 0) is 12.8 Å². The molecular weight excluding hydrogens is 192 g/mol. The van der Waals surface area contributed by atoms with Crippen molar-refractivity contribution in [1.29, 1.82) is 0 Å². The van der Waals surface area contributed by atoms with E-state index >= 15 is 0 Å². The Bertz CT molecular complexity index is 241. The van der Waals surface area contributed by atoms with Crippen LogP contribution in [0.5, 0.6) is 0 Å². The van der Waals surface area contributed by atoms with Crippen LogP contribution >= 0.6 is 0 Å². The summed E-state index contributed by atoms with van der Waals surface area (Å²) in [5, 5.41) is 2.73. The van der Waals surface area contributed by atoms with Crippen molar-refractivity contribution in [3.05, 3.63) is 0 Å². The SMILES string of the molecule is CCCCC1NC(=O)N(CCCC)C1=O. The van der Waals surface area contributed by atoms with Crippen molar-refractivity contribution in [3.8, 4) is 0 Å². The van der Waals surface area contributed by atoms with Gasteiger partial charge in [-0.1, -0.05) is 33.1 Å². The first-order valence-electron chi connectivity index (χ1n) is 5.82. The van der Waals surface area contributed by atoms with E-state index in [1.807, 2.05) is 6.92 Å². The first-order chi connectivity index (χ1) is 7.20. The molecule has 0 radical (unpaired) electrons. The van der Waals surface area contributed by atoms with Gasteiger partial charge in [-0.25, -0.2) is 4.79 Å². The first-order valence-corrected chi connectivity index (χ1v) is 5.82. The highest BCUT2D eigenvalue weighted by molar-refractivity contribution is 6.04. The van der Waals surface area contributed by atoms with E-state index in [1.165, 1.54) is 4.90 Å². The Labute approximate surface area is 91.0 Å². The van der Waals surface area contributed by atoms with E-state index in [9.17, 15) is 9.59 Å².